The lowest BCUT2D eigenvalue weighted by molar-refractivity contribution is -0.126. The second kappa shape index (κ2) is 5.08. The van der Waals surface area contributed by atoms with E-state index in [1.54, 1.807) is 12.4 Å². The first-order valence-corrected chi connectivity index (χ1v) is 8.60. The second-order valence-electron chi connectivity index (χ2n) is 7.78. The fourth-order valence-corrected chi connectivity index (χ4v) is 5.93. The minimum absolute atomic E-state index is 0.339. The highest BCUT2D eigenvalue weighted by Gasteiger charge is 2.51. The van der Waals surface area contributed by atoms with Crippen molar-refractivity contribution in [1.29, 1.82) is 0 Å². The van der Waals surface area contributed by atoms with Gasteiger partial charge in [-0.1, -0.05) is 11.6 Å². The molecule has 1 heterocycles. The van der Waals surface area contributed by atoms with E-state index in [2.05, 4.69) is 4.98 Å². The van der Waals surface area contributed by atoms with Crippen molar-refractivity contribution in [3.8, 4) is 0 Å². The zero-order valence-corrected chi connectivity index (χ0v) is 13.1. The Bertz CT molecular complexity index is 533. The van der Waals surface area contributed by atoms with Gasteiger partial charge in [0.05, 0.1) is 5.02 Å². The minimum Gasteiger partial charge on any atom is -0.299 e. The molecule has 0 unspecified atom stereocenters. The third-order valence-corrected chi connectivity index (χ3v) is 6.32. The monoisotopic (exact) mass is 303 g/mol. The number of pyridine rings is 1. The minimum atomic E-state index is 0.339. The molecule has 4 aliphatic carbocycles. The summed E-state index contributed by atoms with van der Waals surface area (Å²) in [6, 6.07) is 1.87. The third-order valence-electron chi connectivity index (χ3n) is 5.98. The largest absolute Gasteiger partial charge is 0.299 e. The van der Waals surface area contributed by atoms with Crippen LogP contribution in [-0.2, 0) is 11.2 Å². The SMILES string of the molecule is O=C(Cc1ccncc1Cl)CC12CC3CC(CC(C3)C1)C2. The van der Waals surface area contributed by atoms with Crippen molar-refractivity contribution in [3.05, 3.63) is 29.0 Å². The molecule has 21 heavy (non-hydrogen) atoms. The number of aromatic nitrogens is 1. The van der Waals surface area contributed by atoms with Gasteiger partial charge in [-0.25, -0.2) is 0 Å². The number of Topliss-reactive ketones (excluding diaryl/α,β-unsaturated/α-hetero) is 1. The molecule has 0 aromatic carbocycles. The first-order chi connectivity index (χ1) is 10.1. The van der Waals surface area contributed by atoms with Gasteiger partial charge in [0.25, 0.3) is 0 Å². The number of rotatable bonds is 4. The predicted octanol–water partition coefficient (Wildman–Crippen LogP) is 4.45. The molecule has 4 bridgehead atoms. The first-order valence-electron chi connectivity index (χ1n) is 8.22. The van der Waals surface area contributed by atoms with Crippen molar-refractivity contribution >= 4 is 17.4 Å². The van der Waals surface area contributed by atoms with Crippen LogP contribution >= 0.6 is 11.6 Å². The standard InChI is InChI=1S/C18H22ClNO/c19-17-11-20-2-1-15(17)6-16(21)10-18-7-12-3-13(8-18)5-14(4-12)9-18/h1-2,11-14H,3-10H2. The number of hydrogen-bond acceptors (Lipinski definition) is 2. The predicted molar refractivity (Wildman–Crippen MR) is 83.2 cm³/mol. The Kier molecular flexibility index (Phi) is 3.33. The van der Waals surface area contributed by atoms with Crippen LogP contribution in [0.1, 0.15) is 50.5 Å². The van der Waals surface area contributed by atoms with Crippen LogP contribution in [0.3, 0.4) is 0 Å². The molecule has 0 saturated heterocycles. The van der Waals surface area contributed by atoms with E-state index >= 15 is 0 Å². The number of carbonyl (C=O) groups excluding carboxylic acids is 1. The van der Waals surface area contributed by atoms with Crippen molar-refractivity contribution in [3.63, 3.8) is 0 Å². The molecule has 3 heteroatoms. The average molecular weight is 304 g/mol. The lowest BCUT2D eigenvalue weighted by Crippen LogP contribution is -2.47. The summed E-state index contributed by atoms with van der Waals surface area (Å²) >= 11 is 6.13. The Labute approximate surface area is 131 Å². The highest BCUT2D eigenvalue weighted by Crippen LogP contribution is 2.61. The topological polar surface area (TPSA) is 30.0 Å². The summed E-state index contributed by atoms with van der Waals surface area (Å²) in [5, 5.41) is 0.622. The quantitative estimate of drug-likeness (QED) is 0.822. The molecule has 0 atom stereocenters. The molecule has 2 nitrogen and oxygen atoms in total. The van der Waals surface area contributed by atoms with Gasteiger partial charge < -0.3 is 0 Å². The second-order valence-corrected chi connectivity index (χ2v) is 8.18. The van der Waals surface area contributed by atoms with Crippen LogP contribution in [-0.4, -0.2) is 10.8 Å². The third kappa shape index (κ3) is 2.63. The van der Waals surface area contributed by atoms with E-state index in [-0.39, 0.29) is 0 Å². The molecule has 0 spiro atoms. The number of ketones is 1. The number of carbonyl (C=O) groups is 1. The van der Waals surface area contributed by atoms with Crippen molar-refractivity contribution in [2.75, 3.05) is 0 Å². The normalized spacial score (nSPS) is 36.9. The maximum Gasteiger partial charge on any atom is 0.137 e. The number of halogens is 1. The van der Waals surface area contributed by atoms with E-state index in [1.165, 1.54) is 38.5 Å². The molecule has 0 radical (unpaired) electrons. The molecular formula is C18H22ClNO. The molecule has 4 aliphatic rings. The van der Waals surface area contributed by atoms with E-state index in [0.29, 0.717) is 22.6 Å². The maximum absolute atomic E-state index is 12.6. The van der Waals surface area contributed by atoms with Crippen LogP contribution in [0.4, 0.5) is 0 Å². The molecule has 0 N–H and O–H groups in total. The van der Waals surface area contributed by atoms with Crippen LogP contribution in [0.5, 0.6) is 0 Å². The van der Waals surface area contributed by atoms with E-state index in [9.17, 15) is 4.79 Å². The van der Waals surface area contributed by atoms with Crippen LogP contribution in [0.25, 0.3) is 0 Å². The van der Waals surface area contributed by atoms with Gasteiger partial charge in [0.1, 0.15) is 5.78 Å². The Morgan fingerprint density at radius 2 is 1.81 bits per heavy atom. The lowest BCUT2D eigenvalue weighted by Gasteiger charge is -2.56. The summed E-state index contributed by atoms with van der Waals surface area (Å²) in [5.74, 6) is 3.10. The average Bonchev–Trinajstić information content (AvgIpc) is 2.39. The molecule has 4 fully saturated rings. The molecule has 0 amide bonds. The molecule has 0 aliphatic heterocycles. The van der Waals surface area contributed by atoms with Crippen LogP contribution in [0, 0.1) is 23.2 Å². The van der Waals surface area contributed by atoms with Gasteiger partial charge in [-0.2, -0.15) is 0 Å². The van der Waals surface area contributed by atoms with E-state index < -0.39 is 0 Å². The number of nitrogens with zero attached hydrogens (tertiary/aromatic N) is 1. The smallest absolute Gasteiger partial charge is 0.137 e. The fraction of sp³-hybridized carbons (Fsp3) is 0.667. The van der Waals surface area contributed by atoms with Crippen molar-refractivity contribution in [2.24, 2.45) is 23.2 Å². The van der Waals surface area contributed by atoms with E-state index in [0.717, 1.165) is 29.7 Å². The van der Waals surface area contributed by atoms with Crippen molar-refractivity contribution < 1.29 is 4.79 Å². The van der Waals surface area contributed by atoms with Crippen LogP contribution < -0.4 is 0 Å². The van der Waals surface area contributed by atoms with Gasteiger partial charge in [-0.15, -0.1) is 0 Å². The maximum atomic E-state index is 12.6. The molecule has 5 rings (SSSR count). The van der Waals surface area contributed by atoms with Crippen molar-refractivity contribution in [2.45, 2.75) is 51.4 Å². The molecule has 1 aromatic heterocycles. The zero-order valence-electron chi connectivity index (χ0n) is 12.4. The Balaban J connectivity index is 1.46. The highest BCUT2D eigenvalue weighted by atomic mass is 35.5. The van der Waals surface area contributed by atoms with Gasteiger partial charge in [0, 0.05) is 25.2 Å². The summed E-state index contributed by atoms with van der Waals surface area (Å²) in [6.45, 7) is 0. The summed E-state index contributed by atoms with van der Waals surface area (Å²) in [4.78, 5) is 16.6. The van der Waals surface area contributed by atoms with Gasteiger partial charge in [-0.05, 0) is 73.3 Å². The Morgan fingerprint density at radius 3 is 2.38 bits per heavy atom. The summed E-state index contributed by atoms with van der Waals surface area (Å²) in [6.07, 6.45) is 12.8. The molecule has 112 valence electrons. The summed E-state index contributed by atoms with van der Waals surface area (Å²) in [5.41, 5.74) is 1.27. The van der Waals surface area contributed by atoms with Gasteiger partial charge >= 0.3 is 0 Å². The van der Waals surface area contributed by atoms with Gasteiger partial charge in [0.2, 0.25) is 0 Å². The molecule has 4 saturated carbocycles. The van der Waals surface area contributed by atoms with Gasteiger partial charge in [0.15, 0.2) is 0 Å². The van der Waals surface area contributed by atoms with Crippen molar-refractivity contribution in [1.82, 2.24) is 4.98 Å². The Morgan fingerprint density at radius 1 is 1.19 bits per heavy atom. The molecular weight excluding hydrogens is 282 g/mol. The summed E-state index contributed by atoms with van der Waals surface area (Å²) in [7, 11) is 0. The van der Waals surface area contributed by atoms with Gasteiger partial charge in [-0.3, -0.25) is 9.78 Å². The van der Waals surface area contributed by atoms with Crippen LogP contribution in [0.2, 0.25) is 5.02 Å². The first kappa shape index (κ1) is 13.8. The van der Waals surface area contributed by atoms with E-state index in [1.807, 2.05) is 6.07 Å². The number of hydrogen-bond donors (Lipinski definition) is 0. The lowest BCUT2D eigenvalue weighted by atomic mass is 9.48. The molecule has 1 aromatic rings. The highest BCUT2D eigenvalue weighted by molar-refractivity contribution is 6.31. The summed E-state index contributed by atoms with van der Waals surface area (Å²) < 4.78 is 0. The van der Waals surface area contributed by atoms with E-state index in [4.69, 9.17) is 11.6 Å². The zero-order chi connectivity index (χ0) is 14.4. The Hall–Kier alpha value is -0.890. The van der Waals surface area contributed by atoms with Crippen LogP contribution in [0.15, 0.2) is 18.5 Å². The fourth-order valence-electron chi connectivity index (χ4n) is 5.75.